The van der Waals surface area contributed by atoms with Crippen molar-refractivity contribution in [1.29, 1.82) is 0 Å². The molecule has 3 rings (SSSR count). The number of fused-ring (bicyclic) bond motifs is 1. The largest absolute Gasteiger partial charge is 0.451 e. The molecule has 0 aliphatic rings. The number of hydrogen-bond acceptors (Lipinski definition) is 6. The zero-order valence-corrected chi connectivity index (χ0v) is 20.0. The number of anilines is 2. The number of aryl methyl sites for hydroxylation is 2. The summed E-state index contributed by atoms with van der Waals surface area (Å²) < 4.78 is 6.50. The monoisotopic (exact) mass is 469 g/mol. The molecule has 1 aromatic carbocycles. The summed E-state index contributed by atoms with van der Waals surface area (Å²) in [5.74, 6) is -1.38. The van der Waals surface area contributed by atoms with Crippen molar-refractivity contribution < 1.29 is 14.3 Å². The number of ether oxygens (including phenoxy) is 1. The van der Waals surface area contributed by atoms with Crippen LogP contribution < -0.4 is 21.9 Å². The fourth-order valence-corrected chi connectivity index (χ4v) is 3.95. The second-order valence-electron chi connectivity index (χ2n) is 8.35. The molecule has 34 heavy (non-hydrogen) atoms. The van der Waals surface area contributed by atoms with Crippen LogP contribution in [0.25, 0.3) is 10.9 Å². The number of esters is 1. The fourth-order valence-electron chi connectivity index (χ4n) is 3.95. The van der Waals surface area contributed by atoms with E-state index in [9.17, 15) is 19.2 Å². The smallest absolute Gasteiger partial charge is 0.355 e. The predicted molar refractivity (Wildman–Crippen MR) is 131 cm³/mol. The molecule has 0 unspecified atom stereocenters. The molecule has 3 aromatic rings. The lowest BCUT2D eigenvalue weighted by Crippen LogP contribution is -2.43. The van der Waals surface area contributed by atoms with Crippen LogP contribution in [-0.2, 0) is 16.1 Å². The van der Waals surface area contributed by atoms with E-state index in [-0.39, 0.29) is 23.7 Å². The number of aromatic nitrogens is 3. The number of nitrogens with two attached hydrogens (primary N) is 1. The number of H-pyrrole nitrogens is 2. The molecule has 4 N–H and O–H groups in total. The SMILES string of the molecule is CCCCN(C(=O)COC(=O)c1cc2c(C)cc(C)cc2[nH]1)c1c(N)n(CCC)c(=O)[nH]c1=O. The summed E-state index contributed by atoms with van der Waals surface area (Å²) in [5.41, 5.74) is 7.74. The number of aromatic amines is 2. The van der Waals surface area contributed by atoms with Gasteiger partial charge in [0.1, 0.15) is 11.5 Å². The highest BCUT2D eigenvalue weighted by Gasteiger charge is 2.25. The highest BCUT2D eigenvalue weighted by molar-refractivity contribution is 6.00. The van der Waals surface area contributed by atoms with Crippen molar-refractivity contribution in [2.45, 2.75) is 53.5 Å². The Morgan fingerprint density at radius 2 is 1.82 bits per heavy atom. The quantitative estimate of drug-likeness (QED) is 0.411. The average Bonchev–Trinajstić information content (AvgIpc) is 3.21. The van der Waals surface area contributed by atoms with Crippen molar-refractivity contribution in [3.05, 3.63) is 55.9 Å². The standard InChI is InChI=1S/C24H31N5O5/c1-5-7-9-28(20-21(25)29(8-6-2)24(33)27-22(20)31)19(30)13-34-23(32)18-12-16-15(4)10-14(3)11-17(16)26-18/h10-12,26H,5-9,13,25H2,1-4H3,(H,27,31,33). The zero-order chi connectivity index (χ0) is 25.0. The highest BCUT2D eigenvalue weighted by Crippen LogP contribution is 2.22. The molecular weight excluding hydrogens is 438 g/mol. The van der Waals surface area contributed by atoms with E-state index in [4.69, 9.17) is 10.5 Å². The predicted octanol–water partition coefficient (Wildman–Crippen LogP) is 2.62. The minimum atomic E-state index is -0.757. The van der Waals surface area contributed by atoms with Gasteiger partial charge >= 0.3 is 11.7 Å². The van der Waals surface area contributed by atoms with Crippen molar-refractivity contribution in [2.24, 2.45) is 0 Å². The van der Waals surface area contributed by atoms with Crippen LogP contribution in [0.15, 0.2) is 27.8 Å². The van der Waals surface area contributed by atoms with Crippen LogP contribution in [0.5, 0.6) is 0 Å². The first-order chi connectivity index (χ1) is 16.2. The molecule has 0 atom stereocenters. The summed E-state index contributed by atoms with van der Waals surface area (Å²) in [6, 6.07) is 5.63. The normalized spacial score (nSPS) is 11.1. The molecule has 10 nitrogen and oxygen atoms in total. The number of rotatable bonds is 9. The van der Waals surface area contributed by atoms with Gasteiger partial charge in [0.2, 0.25) is 0 Å². The van der Waals surface area contributed by atoms with E-state index >= 15 is 0 Å². The third-order valence-electron chi connectivity index (χ3n) is 5.60. The van der Waals surface area contributed by atoms with E-state index in [0.717, 1.165) is 28.5 Å². The number of benzene rings is 1. The summed E-state index contributed by atoms with van der Waals surface area (Å²) in [5, 5.41) is 0.894. The number of nitrogens with zero attached hydrogens (tertiary/aromatic N) is 2. The number of hydrogen-bond donors (Lipinski definition) is 3. The van der Waals surface area contributed by atoms with E-state index in [2.05, 4.69) is 9.97 Å². The number of amides is 1. The molecule has 2 heterocycles. The lowest BCUT2D eigenvalue weighted by molar-refractivity contribution is -0.121. The Balaban J connectivity index is 1.85. The van der Waals surface area contributed by atoms with Crippen LogP contribution in [0.4, 0.5) is 11.5 Å². The molecule has 1 amide bonds. The first-order valence-corrected chi connectivity index (χ1v) is 11.4. The second kappa shape index (κ2) is 10.4. The summed E-state index contributed by atoms with van der Waals surface area (Å²) in [6.45, 7) is 7.62. The Morgan fingerprint density at radius 1 is 1.09 bits per heavy atom. The maximum atomic E-state index is 13.1. The molecule has 2 aromatic heterocycles. The van der Waals surface area contributed by atoms with Crippen LogP contribution in [-0.4, -0.2) is 39.6 Å². The molecule has 0 saturated carbocycles. The molecular formula is C24H31N5O5. The van der Waals surface area contributed by atoms with E-state index in [1.807, 2.05) is 39.8 Å². The Kier molecular flexibility index (Phi) is 7.60. The molecule has 0 aliphatic carbocycles. The van der Waals surface area contributed by atoms with E-state index in [0.29, 0.717) is 19.4 Å². The van der Waals surface area contributed by atoms with Gasteiger partial charge in [-0.05, 0) is 49.9 Å². The highest BCUT2D eigenvalue weighted by atomic mass is 16.5. The van der Waals surface area contributed by atoms with Crippen LogP contribution in [0, 0.1) is 13.8 Å². The maximum absolute atomic E-state index is 13.1. The second-order valence-corrected chi connectivity index (χ2v) is 8.35. The molecule has 0 bridgehead atoms. The number of nitrogens with one attached hydrogen (secondary N) is 2. The summed E-state index contributed by atoms with van der Waals surface area (Å²) in [4.78, 5) is 56.9. The number of carbonyl (C=O) groups is 2. The van der Waals surface area contributed by atoms with Crippen molar-refractivity contribution in [2.75, 3.05) is 23.8 Å². The third kappa shape index (κ3) is 5.05. The lowest BCUT2D eigenvalue weighted by Gasteiger charge is -2.24. The first-order valence-electron chi connectivity index (χ1n) is 11.4. The molecule has 0 spiro atoms. The van der Waals surface area contributed by atoms with Gasteiger partial charge in [-0.3, -0.25) is 19.1 Å². The molecule has 0 radical (unpaired) electrons. The van der Waals surface area contributed by atoms with Gasteiger partial charge in [-0.15, -0.1) is 0 Å². The van der Waals surface area contributed by atoms with Gasteiger partial charge in [0.15, 0.2) is 12.3 Å². The van der Waals surface area contributed by atoms with Crippen molar-refractivity contribution >= 4 is 34.3 Å². The van der Waals surface area contributed by atoms with Crippen molar-refractivity contribution in [1.82, 2.24) is 14.5 Å². The van der Waals surface area contributed by atoms with Crippen molar-refractivity contribution in [3.8, 4) is 0 Å². The van der Waals surface area contributed by atoms with Gasteiger partial charge in [-0.1, -0.05) is 26.3 Å². The topological polar surface area (TPSA) is 143 Å². The molecule has 0 saturated heterocycles. The summed E-state index contributed by atoms with van der Waals surface area (Å²) in [7, 11) is 0. The van der Waals surface area contributed by atoms with Gasteiger partial charge in [-0.25, -0.2) is 9.59 Å². The fraction of sp³-hybridized carbons (Fsp3) is 0.417. The van der Waals surface area contributed by atoms with E-state index in [1.165, 1.54) is 9.47 Å². The van der Waals surface area contributed by atoms with Crippen LogP contribution in [0.3, 0.4) is 0 Å². The Labute approximate surface area is 196 Å². The minimum absolute atomic E-state index is 0.0900. The summed E-state index contributed by atoms with van der Waals surface area (Å²) in [6.07, 6.45) is 1.95. The van der Waals surface area contributed by atoms with E-state index in [1.54, 1.807) is 6.07 Å². The maximum Gasteiger partial charge on any atom is 0.355 e. The number of carbonyl (C=O) groups excluding carboxylic acids is 2. The van der Waals surface area contributed by atoms with Gasteiger partial charge in [0, 0.05) is 24.0 Å². The Morgan fingerprint density at radius 3 is 2.50 bits per heavy atom. The van der Waals surface area contributed by atoms with Gasteiger partial charge in [0.05, 0.1) is 0 Å². The van der Waals surface area contributed by atoms with Gasteiger partial charge in [0.25, 0.3) is 11.5 Å². The third-order valence-corrected chi connectivity index (χ3v) is 5.60. The van der Waals surface area contributed by atoms with E-state index < -0.39 is 29.7 Å². The van der Waals surface area contributed by atoms with Crippen LogP contribution >= 0.6 is 0 Å². The first kappa shape index (κ1) is 24.8. The Hall–Kier alpha value is -3.82. The Bertz CT molecular complexity index is 1330. The number of unbranched alkanes of at least 4 members (excludes halogenated alkanes) is 1. The average molecular weight is 470 g/mol. The lowest BCUT2D eigenvalue weighted by atomic mass is 10.1. The van der Waals surface area contributed by atoms with Gasteiger partial charge < -0.3 is 20.4 Å². The summed E-state index contributed by atoms with van der Waals surface area (Å²) >= 11 is 0. The van der Waals surface area contributed by atoms with Gasteiger partial charge in [-0.2, -0.15) is 0 Å². The minimum Gasteiger partial charge on any atom is -0.451 e. The van der Waals surface area contributed by atoms with Crippen LogP contribution in [0.2, 0.25) is 0 Å². The molecule has 0 fully saturated rings. The zero-order valence-electron chi connectivity index (χ0n) is 20.0. The molecule has 10 heteroatoms. The molecule has 0 aliphatic heterocycles. The van der Waals surface area contributed by atoms with Crippen molar-refractivity contribution in [3.63, 3.8) is 0 Å². The number of nitrogen functional groups attached to an aromatic ring is 1. The van der Waals surface area contributed by atoms with Crippen LogP contribution in [0.1, 0.15) is 54.7 Å². The molecule has 182 valence electrons.